The second-order valence-electron chi connectivity index (χ2n) is 10.9. The van der Waals surface area contributed by atoms with E-state index in [9.17, 15) is 54.0 Å². The minimum atomic E-state index is -1.70. The van der Waals surface area contributed by atoms with Gasteiger partial charge in [0.25, 0.3) is 5.91 Å². The van der Waals surface area contributed by atoms with Crippen molar-refractivity contribution in [3.8, 4) is 22.6 Å². The van der Waals surface area contributed by atoms with Crippen molar-refractivity contribution < 1.29 is 54.0 Å². The van der Waals surface area contributed by atoms with E-state index in [1.807, 2.05) is 0 Å². The third-order valence-electron chi connectivity index (χ3n) is 7.65. The first-order valence-corrected chi connectivity index (χ1v) is 14.4. The molecule has 0 aliphatic carbocycles. The van der Waals surface area contributed by atoms with E-state index in [1.54, 1.807) is 0 Å². The van der Waals surface area contributed by atoms with Crippen molar-refractivity contribution in [3.63, 3.8) is 0 Å². The number of hydrogen-bond acceptors (Lipinski definition) is 11. The van der Waals surface area contributed by atoms with Gasteiger partial charge in [-0.3, -0.25) is 28.8 Å². The summed E-state index contributed by atoms with van der Waals surface area (Å²) in [5.74, 6) is -7.02. The quantitative estimate of drug-likeness (QED) is 0.120. The van der Waals surface area contributed by atoms with Gasteiger partial charge in [0.05, 0.1) is 19.7 Å². The van der Waals surface area contributed by atoms with Gasteiger partial charge < -0.3 is 57.2 Å². The third kappa shape index (κ3) is 8.74. The zero-order valence-corrected chi connectivity index (χ0v) is 26.2. The summed E-state index contributed by atoms with van der Waals surface area (Å²) >= 11 is 0. The van der Waals surface area contributed by atoms with Crippen LogP contribution in [0.15, 0.2) is 36.4 Å². The maximum atomic E-state index is 13.5. The summed E-state index contributed by atoms with van der Waals surface area (Å²) in [6.07, 6.45) is -1.88. The monoisotopic (exact) mass is 671 g/mol. The summed E-state index contributed by atoms with van der Waals surface area (Å²) in [6, 6.07) is 3.83. The van der Waals surface area contributed by atoms with Crippen LogP contribution in [-0.4, -0.2) is 124 Å². The largest absolute Gasteiger partial charge is 0.507 e. The molecule has 0 saturated heterocycles. The maximum Gasteiger partial charge on any atom is 0.326 e. The fourth-order valence-corrected chi connectivity index (χ4v) is 4.82. The second-order valence-corrected chi connectivity index (χ2v) is 10.9. The molecule has 4 atom stereocenters. The second kappa shape index (κ2) is 15.7. The third-order valence-corrected chi connectivity index (χ3v) is 7.65. The van der Waals surface area contributed by atoms with Crippen LogP contribution in [0.3, 0.4) is 0 Å². The first-order valence-electron chi connectivity index (χ1n) is 14.4. The van der Waals surface area contributed by atoms with Crippen molar-refractivity contribution >= 4 is 41.4 Å². The number of rotatable bonds is 9. The van der Waals surface area contributed by atoms with Crippen molar-refractivity contribution in [2.45, 2.75) is 37.6 Å². The molecule has 18 nitrogen and oxygen atoms in total. The molecule has 258 valence electrons. The van der Waals surface area contributed by atoms with E-state index in [0.29, 0.717) is 5.56 Å². The highest BCUT2D eigenvalue weighted by Crippen LogP contribution is 2.38. The van der Waals surface area contributed by atoms with Gasteiger partial charge in [0.1, 0.15) is 29.6 Å². The van der Waals surface area contributed by atoms with Crippen molar-refractivity contribution in [2.75, 3.05) is 33.8 Å². The van der Waals surface area contributed by atoms with E-state index < -0.39 is 85.4 Å². The summed E-state index contributed by atoms with van der Waals surface area (Å²) in [6.45, 7) is -0.978. The zero-order valence-electron chi connectivity index (χ0n) is 26.2. The Morgan fingerprint density at radius 2 is 1.62 bits per heavy atom. The van der Waals surface area contributed by atoms with Gasteiger partial charge in [-0.25, -0.2) is 4.79 Å². The lowest BCUT2D eigenvalue weighted by Gasteiger charge is -2.29. The number of fused-ring (bicyclic) bond motifs is 5. The summed E-state index contributed by atoms with van der Waals surface area (Å²) < 4.78 is 0. The standard InChI is InChI=1S/C30H37N7O11/c1-14(39)36(2)20(13-38)27(44)35-26(31)29(46)33-12-24(43)37(3)25-16-5-7-22(41)18(10-16)17-8-15(4-6-21(17)40)9-19(30(47)48)34-23(42)11-32-28(25)45/h4-8,10,19-20,25-26,38,40-41H,9,11-13,31H2,1-3H3,(H,32,45)(H,33,46)(H,34,42)(H,35,44)(H,47,48). The fraction of sp³-hybridized carbons (Fsp3) is 0.367. The van der Waals surface area contributed by atoms with Crippen LogP contribution in [0, 0.1) is 0 Å². The molecule has 2 aromatic carbocycles. The van der Waals surface area contributed by atoms with Crippen LogP contribution in [0.1, 0.15) is 24.1 Å². The van der Waals surface area contributed by atoms with Gasteiger partial charge in [0.2, 0.25) is 29.5 Å². The van der Waals surface area contributed by atoms with Gasteiger partial charge in [-0.1, -0.05) is 12.1 Å². The van der Waals surface area contributed by atoms with Gasteiger partial charge in [-0.15, -0.1) is 0 Å². The Balaban J connectivity index is 1.88. The van der Waals surface area contributed by atoms with Gasteiger partial charge >= 0.3 is 5.97 Å². The molecule has 0 spiro atoms. The lowest BCUT2D eigenvalue weighted by Crippen LogP contribution is -2.59. The van der Waals surface area contributed by atoms with Crippen LogP contribution < -0.4 is 27.0 Å². The summed E-state index contributed by atoms with van der Waals surface area (Å²) in [5, 5.41) is 49.5. The maximum absolute atomic E-state index is 13.5. The molecular weight excluding hydrogens is 634 g/mol. The molecular formula is C30H37N7O11. The number of carboxylic acids is 1. The normalized spacial score (nSPS) is 17.4. The predicted molar refractivity (Wildman–Crippen MR) is 165 cm³/mol. The van der Waals surface area contributed by atoms with Gasteiger partial charge in [-0.05, 0) is 35.4 Å². The number of aromatic hydroxyl groups is 2. The molecule has 0 aromatic heterocycles. The lowest BCUT2D eigenvalue weighted by molar-refractivity contribution is -0.142. The van der Waals surface area contributed by atoms with Gasteiger partial charge in [-0.2, -0.15) is 0 Å². The number of likely N-dealkylation sites (N-methyl/N-ethyl adjacent to an activating group) is 2. The molecule has 0 fully saturated rings. The number of nitrogens with one attached hydrogen (secondary N) is 4. The van der Waals surface area contributed by atoms with E-state index in [4.69, 9.17) is 5.73 Å². The number of amides is 6. The fourth-order valence-electron chi connectivity index (χ4n) is 4.82. The van der Waals surface area contributed by atoms with E-state index in [1.165, 1.54) is 57.4 Å². The highest BCUT2D eigenvalue weighted by molar-refractivity contribution is 5.95. The van der Waals surface area contributed by atoms with Crippen LogP contribution in [0.2, 0.25) is 0 Å². The molecule has 18 heteroatoms. The molecule has 1 aliphatic rings. The Kier molecular flexibility index (Phi) is 12.0. The molecule has 4 bridgehead atoms. The van der Waals surface area contributed by atoms with Gasteiger partial charge in [0, 0.05) is 38.6 Å². The summed E-state index contributed by atoms with van der Waals surface area (Å²) in [5.41, 5.74) is 6.38. The highest BCUT2D eigenvalue weighted by atomic mass is 16.4. The Labute approximate surface area is 273 Å². The number of aliphatic carboxylic acids is 1. The molecule has 10 N–H and O–H groups in total. The van der Waals surface area contributed by atoms with Crippen molar-refractivity contribution in [1.29, 1.82) is 0 Å². The number of carboxylic acid groups (broad SMARTS) is 1. The number of phenolic OH excluding ortho intramolecular Hbond substituents is 2. The first kappa shape index (κ1) is 36.7. The van der Waals surface area contributed by atoms with Crippen molar-refractivity contribution in [3.05, 3.63) is 47.5 Å². The van der Waals surface area contributed by atoms with Crippen LogP contribution >= 0.6 is 0 Å². The molecule has 48 heavy (non-hydrogen) atoms. The Morgan fingerprint density at radius 1 is 1.00 bits per heavy atom. The molecule has 1 aliphatic heterocycles. The number of benzene rings is 2. The summed E-state index contributed by atoms with van der Waals surface area (Å²) in [4.78, 5) is 89.7. The highest BCUT2D eigenvalue weighted by Gasteiger charge is 2.32. The van der Waals surface area contributed by atoms with Crippen LogP contribution in [0.25, 0.3) is 11.1 Å². The minimum Gasteiger partial charge on any atom is -0.507 e. The van der Waals surface area contributed by atoms with Crippen LogP contribution in [0.5, 0.6) is 11.5 Å². The number of aliphatic hydroxyl groups is 1. The van der Waals surface area contributed by atoms with Gasteiger partial charge in [0.15, 0.2) is 6.17 Å². The molecule has 4 unspecified atom stereocenters. The smallest absolute Gasteiger partial charge is 0.326 e. The summed E-state index contributed by atoms with van der Waals surface area (Å²) in [7, 11) is 2.48. The average molecular weight is 672 g/mol. The Hall–Kier alpha value is -5.75. The molecule has 1 heterocycles. The predicted octanol–water partition coefficient (Wildman–Crippen LogP) is -3.14. The topological polar surface area (TPSA) is 281 Å². The number of carbonyl (C=O) groups excluding carboxylic acids is 6. The van der Waals surface area contributed by atoms with Crippen molar-refractivity contribution in [1.82, 2.24) is 31.1 Å². The minimum absolute atomic E-state index is 0.0464. The molecule has 6 amide bonds. The van der Waals surface area contributed by atoms with E-state index >= 15 is 0 Å². The average Bonchev–Trinajstić information content (AvgIpc) is 3.03. The van der Waals surface area contributed by atoms with E-state index in [-0.39, 0.29) is 34.6 Å². The number of nitrogens with two attached hydrogens (primary N) is 1. The number of aliphatic hydroxyl groups excluding tert-OH is 1. The SMILES string of the molecule is CC(=O)N(C)C(CO)C(=O)NC(N)C(=O)NCC(=O)N(C)C1C(=O)NCC(=O)NC(C(=O)O)Cc2ccc(O)c(c2)-c2cc1ccc2O. The first-order chi connectivity index (χ1) is 22.5. The number of phenols is 2. The Morgan fingerprint density at radius 3 is 2.23 bits per heavy atom. The Bertz CT molecular complexity index is 1620. The van der Waals surface area contributed by atoms with E-state index in [0.717, 1.165) is 9.80 Å². The number of carbonyl (C=O) groups is 7. The molecule has 2 aromatic rings. The van der Waals surface area contributed by atoms with Crippen molar-refractivity contribution in [2.24, 2.45) is 5.73 Å². The lowest BCUT2D eigenvalue weighted by atomic mass is 9.94. The number of nitrogens with zero attached hydrogens (tertiary/aromatic N) is 2. The van der Waals surface area contributed by atoms with E-state index in [2.05, 4.69) is 21.3 Å². The molecule has 0 radical (unpaired) electrons. The zero-order chi connectivity index (χ0) is 35.9. The van der Waals surface area contributed by atoms with Crippen LogP contribution in [0.4, 0.5) is 0 Å². The van der Waals surface area contributed by atoms with Crippen LogP contribution in [-0.2, 0) is 40.0 Å². The number of hydrogen-bond donors (Lipinski definition) is 9. The molecule has 0 saturated carbocycles. The molecule has 3 rings (SSSR count).